The van der Waals surface area contributed by atoms with E-state index in [1.54, 1.807) is 23.1 Å². The summed E-state index contributed by atoms with van der Waals surface area (Å²) in [5, 5.41) is 2.71. The Bertz CT molecular complexity index is 731. The molecule has 0 saturated carbocycles. The number of benzene rings is 2. The standard InChI is InChI=1S/C19H22N2O4/c1-4-21(15-8-6-5-7-9-15)19(23)13-18(22)20-14-10-11-16(24-2)17(12-14)25-3/h5-12H,4,13H2,1-3H3,(H,20,22). The molecule has 2 amide bonds. The van der Waals surface area contributed by atoms with Crippen molar-refractivity contribution in [2.75, 3.05) is 31.0 Å². The summed E-state index contributed by atoms with van der Waals surface area (Å²) >= 11 is 0. The zero-order valence-corrected chi connectivity index (χ0v) is 14.6. The number of amides is 2. The molecule has 0 aliphatic carbocycles. The molecule has 0 bridgehead atoms. The molecule has 0 aliphatic rings. The van der Waals surface area contributed by atoms with Gasteiger partial charge < -0.3 is 19.7 Å². The van der Waals surface area contributed by atoms with Crippen LogP contribution in [-0.4, -0.2) is 32.6 Å². The van der Waals surface area contributed by atoms with E-state index in [1.165, 1.54) is 14.2 Å². The fourth-order valence-electron chi connectivity index (χ4n) is 2.46. The number of hydrogen-bond donors (Lipinski definition) is 1. The van der Waals surface area contributed by atoms with Crippen LogP contribution in [0.3, 0.4) is 0 Å². The first-order valence-corrected chi connectivity index (χ1v) is 7.96. The van der Waals surface area contributed by atoms with Crippen LogP contribution < -0.4 is 19.7 Å². The third-order valence-electron chi connectivity index (χ3n) is 3.66. The highest BCUT2D eigenvalue weighted by molar-refractivity contribution is 6.09. The molecule has 0 aromatic heterocycles. The first kappa shape index (κ1) is 18.3. The van der Waals surface area contributed by atoms with Crippen molar-refractivity contribution < 1.29 is 19.1 Å². The summed E-state index contributed by atoms with van der Waals surface area (Å²) < 4.78 is 10.4. The Labute approximate surface area is 147 Å². The zero-order valence-electron chi connectivity index (χ0n) is 14.6. The molecule has 0 saturated heterocycles. The van der Waals surface area contributed by atoms with Crippen molar-refractivity contribution in [1.29, 1.82) is 0 Å². The van der Waals surface area contributed by atoms with Crippen molar-refractivity contribution in [2.24, 2.45) is 0 Å². The summed E-state index contributed by atoms with van der Waals surface area (Å²) in [5.74, 6) is 0.433. The molecule has 0 radical (unpaired) electrons. The molecule has 132 valence electrons. The van der Waals surface area contributed by atoms with Crippen LogP contribution in [0.15, 0.2) is 48.5 Å². The lowest BCUT2D eigenvalue weighted by Gasteiger charge is -2.20. The van der Waals surface area contributed by atoms with Crippen molar-refractivity contribution >= 4 is 23.2 Å². The van der Waals surface area contributed by atoms with Gasteiger partial charge in [0.05, 0.1) is 14.2 Å². The third kappa shape index (κ3) is 4.73. The minimum atomic E-state index is -0.383. The highest BCUT2D eigenvalue weighted by Gasteiger charge is 2.18. The molecule has 25 heavy (non-hydrogen) atoms. The third-order valence-corrected chi connectivity index (χ3v) is 3.66. The number of ether oxygens (including phenoxy) is 2. The van der Waals surface area contributed by atoms with Gasteiger partial charge in [0, 0.05) is 24.0 Å². The summed E-state index contributed by atoms with van der Waals surface area (Å²) in [6.07, 6.45) is -0.239. The predicted octanol–water partition coefficient (Wildman–Crippen LogP) is 3.09. The molecule has 0 atom stereocenters. The van der Waals surface area contributed by atoms with Crippen molar-refractivity contribution in [3.63, 3.8) is 0 Å². The van der Waals surface area contributed by atoms with E-state index < -0.39 is 0 Å². The van der Waals surface area contributed by atoms with Crippen LogP contribution in [0.5, 0.6) is 11.5 Å². The second-order valence-corrected chi connectivity index (χ2v) is 5.27. The van der Waals surface area contributed by atoms with E-state index in [4.69, 9.17) is 9.47 Å². The van der Waals surface area contributed by atoms with Gasteiger partial charge in [-0.15, -0.1) is 0 Å². The van der Waals surface area contributed by atoms with E-state index in [0.717, 1.165) is 5.69 Å². The number of methoxy groups -OCH3 is 2. The van der Waals surface area contributed by atoms with E-state index in [-0.39, 0.29) is 18.2 Å². The lowest BCUT2D eigenvalue weighted by molar-refractivity contribution is -0.125. The van der Waals surface area contributed by atoms with Gasteiger partial charge >= 0.3 is 0 Å². The number of carbonyl (C=O) groups is 2. The van der Waals surface area contributed by atoms with Crippen LogP contribution in [0, 0.1) is 0 Å². The number of anilines is 2. The van der Waals surface area contributed by atoms with Gasteiger partial charge in [0.2, 0.25) is 11.8 Å². The van der Waals surface area contributed by atoms with Crippen molar-refractivity contribution in [3.05, 3.63) is 48.5 Å². The molecule has 2 aromatic carbocycles. The van der Waals surface area contributed by atoms with Crippen LogP contribution in [0.2, 0.25) is 0 Å². The maximum Gasteiger partial charge on any atom is 0.236 e. The molecule has 6 heteroatoms. The largest absolute Gasteiger partial charge is 0.493 e. The zero-order chi connectivity index (χ0) is 18.2. The molecule has 0 unspecified atom stereocenters. The number of carbonyl (C=O) groups excluding carboxylic acids is 2. The Hall–Kier alpha value is -3.02. The molecule has 1 N–H and O–H groups in total. The molecule has 2 rings (SSSR count). The van der Waals surface area contributed by atoms with Crippen LogP contribution >= 0.6 is 0 Å². The van der Waals surface area contributed by atoms with Crippen molar-refractivity contribution in [2.45, 2.75) is 13.3 Å². The van der Waals surface area contributed by atoms with Crippen LogP contribution in [0.1, 0.15) is 13.3 Å². The van der Waals surface area contributed by atoms with Gasteiger partial charge in [-0.1, -0.05) is 18.2 Å². The van der Waals surface area contributed by atoms with Gasteiger partial charge in [-0.05, 0) is 31.2 Å². The molecule has 0 spiro atoms. The Morgan fingerprint density at radius 1 is 1.00 bits per heavy atom. The summed E-state index contributed by atoms with van der Waals surface area (Å²) in [7, 11) is 3.06. The molecule has 2 aromatic rings. The van der Waals surface area contributed by atoms with Crippen LogP contribution in [-0.2, 0) is 9.59 Å². The van der Waals surface area contributed by atoms with Gasteiger partial charge in [0.1, 0.15) is 6.42 Å². The molecule has 0 aliphatic heterocycles. The van der Waals surface area contributed by atoms with Crippen LogP contribution in [0.25, 0.3) is 0 Å². The lowest BCUT2D eigenvalue weighted by atomic mass is 10.2. The van der Waals surface area contributed by atoms with E-state index in [2.05, 4.69) is 5.32 Å². The van der Waals surface area contributed by atoms with Gasteiger partial charge in [-0.25, -0.2) is 0 Å². The quantitative estimate of drug-likeness (QED) is 0.785. The average molecular weight is 342 g/mol. The van der Waals surface area contributed by atoms with Gasteiger partial charge in [0.15, 0.2) is 11.5 Å². The van der Waals surface area contributed by atoms with E-state index in [1.807, 2.05) is 37.3 Å². The van der Waals surface area contributed by atoms with E-state index >= 15 is 0 Å². The van der Waals surface area contributed by atoms with Gasteiger partial charge in [-0.2, -0.15) is 0 Å². The van der Waals surface area contributed by atoms with Gasteiger partial charge in [0.25, 0.3) is 0 Å². The first-order valence-electron chi connectivity index (χ1n) is 7.96. The van der Waals surface area contributed by atoms with E-state index in [0.29, 0.717) is 23.7 Å². The molecular formula is C19H22N2O4. The Morgan fingerprint density at radius 3 is 2.28 bits per heavy atom. The topological polar surface area (TPSA) is 67.9 Å². The number of nitrogens with one attached hydrogen (secondary N) is 1. The predicted molar refractivity (Wildman–Crippen MR) is 97.3 cm³/mol. The average Bonchev–Trinajstić information content (AvgIpc) is 2.63. The number of nitrogens with zero attached hydrogens (tertiary/aromatic N) is 1. The Morgan fingerprint density at radius 2 is 1.68 bits per heavy atom. The lowest BCUT2D eigenvalue weighted by Crippen LogP contribution is -2.33. The maximum atomic E-state index is 12.4. The summed E-state index contributed by atoms with van der Waals surface area (Å²) in [6, 6.07) is 14.3. The Balaban J connectivity index is 2.03. The first-order chi connectivity index (χ1) is 12.1. The Kier molecular flexibility index (Phi) is 6.39. The van der Waals surface area contributed by atoms with Crippen molar-refractivity contribution in [3.8, 4) is 11.5 Å². The summed E-state index contributed by atoms with van der Waals surface area (Å²) in [5.41, 5.74) is 1.31. The van der Waals surface area contributed by atoms with Gasteiger partial charge in [-0.3, -0.25) is 9.59 Å². The summed E-state index contributed by atoms with van der Waals surface area (Å²) in [4.78, 5) is 26.2. The van der Waals surface area contributed by atoms with Crippen LogP contribution in [0.4, 0.5) is 11.4 Å². The fourth-order valence-corrected chi connectivity index (χ4v) is 2.46. The number of hydrogen-bond acceptors (Lipinski definition) is 4. The monoisotopic (exact) mass is 342 g/mol. The highest BCUT2D eigenvalue weighted by Crippen LogP contribution is 2.29. The normalized spacial score (nSPS) is 10.0. The number of rotatable bonds is 7. The summed E-state index contributed by atoms with van der Waals surface area (Å²) in [6.45, 7) is 2.36. The molecular weight excluding hydrogens is 320 g/mol. The minimum Gasteiger partial charge on any atom is -0.493 e. The molecule has 0 fully saturated rings. The SMILES string of the molecule is CCN(C(=O)CC(=O)Nc1ccc(OC)c(OC)c1)c1ccccc1. The second-order valence-electron chi connectivity index (χ2n) is 5.27. The number of para-hydroxylation sites is 1. The second kappa shape index (κ2) is 8.73. The van der Waals surface area contributed by atoms with E-state index in [9.17, 15) is 9.59 Å². The van der Waals surface area contributed by atoms with Crippen molar-refractivity contribution in [1.82, 2.24) is 0 Å². The molecule has 0 heterocycles. The fraction of sp³-hybridized carbons (Fsp3) is 0.263. The minimum absolute atomic E-state index is 0.239. The molecule has 6 nitrogen and oxygen atoms in total. The smallest absolute Gasteiger partial charge is 0.236 e. The maximum absolute atomic E-state index is 12.4. The highest BCUT2D eigenvalue weighted by atomic mass is 16.5.